The van der Waals surface area contributed by atoms with Crippen LogP contribution >= 0.6 is 22.9 Å². The van der Waals surface area contributed by atoms with Gasteiger partial charge < -0.3 is 5.32 Å². The van der Waals surface area contributed by atoms with Crippen LogP contribution in [0.1, 0.15) is 29.0 Å². The van der Waals surface area contributed by atoms with E-state index >= 15 is 0 Å². The van der Waals surface area contributed by atoms with Crippen LogP contribution in [-0.4, -0.2) is 11.0 Å². The van der Waals surface area contributed by atoms with E-state index in [9.17, 15) is 4.79 Å². The number of carbonyl (C=O) groups is 1. The molecule has 6 heteroatoms. The first-order chi connectivity index (χ1) is 10.1. The number of anilines is 2. The lowest BCUT2D eigenvalue weighted by Crippen LogP contribution is -2.19. The fraction of sp³-hybridized carbons (Fsp3) is 0.333. The number of aryl methyl sites for hydroxylation is 2. The van der Waals surface area contributed by atoms with Crippen LogP contribution in [-0.2, 0) is 12.8 Å². The van der Waals surface area contributed by atoms with E-state index in [0.717, 1.165) is 24.1 Å². The molecule has 1 aliphatic rings. The molecule has 0 atom stereocenters. The smallest absolute Gasteiger partial charge is 0.307 e. The van der Waals surface area contributed by atoms with Gasteiger partial charge in [0.2, 0.25) is 0 Å². The number of rotatable bonds is 2. The second-order valence-electron chi connectivity index (χ2n) is 5.09. The standard InChI is InChI=1S/C15H16ClN3OS/c1-9-10(16)5-4-7-11(9)17-14(20)19-15-18-12-6-2-3-8-13(12)21-15/h4-5,7H,2-3,6,8H2,1H3,(H2,17,18,19,20). The second-order valence-corrected chi connectivity index (χ2v) is 6.58. The maximum Gasteiger partial charge on any atom is 0.325 e. The van der Waals surface area contributed by atoms with E-state index < -0.39 is 0 Å². The maximum absolute atomic E-state index is 12.1. The third-order valence-corrected chi connectivity index (χ3v) is 5.06. The summed E-state index contributed by atoms with van der Waals surface area (Å²) < 4.78 is 0. The SMILES string of the molecule is Cc1c(Cl)cccc1NC(=O)Nc1nc2c(s1)CCCC2. The molecule has 0 radical (unpaired) electrons. The number of fused-ring (bicyclic) bond motifs is 1. The lowest BCUT2D eigenvalue weighted by atomic mass is 10.0. The van der Waals surface area contributed by atoms with Crippen molar-refractivity contribution >= 4 is 39.8 Å². The van der Waals surface area contributed by atoms with Crippen molar-refractivity contribution in [3.8, 4) is 0 Å². The Hall–Kier alpha value is -1.59. The minimum Gasteiger partial charge on any atom is -0.307 e. The number of nitrogens with one attached hydrogen (secondary N) is 2. The minimum atomic E-state index is -0.286. The number of aromatic nitrogens is 1. The number of carbonyl (C=O) groups excluding carboxylic acids is 1. The molecule has 2 aromatic rings. The molecule has 0 aliphatic heterocycles. The topological polar surface area (TPSA) is 54.0 Å². The molecule has 0 bridgehead atoms. The largest absolute Gasteiger partial charge is 0.325 e. The Morgan fingerprint density at radius 3 is 2.90 bits per heavy atom. The van der Waals surface area contributed by atoms with E-state index in [-0.39, 0.29) is 6.03 Å². The summed E-state index contributed by atoms with van der Waals surface area (Å²) in [5, 5.41) is 6.92. The van der Waals surface area contributed by atoms with Gasteiger partial charge in [0.15, 0.2) is 5.13 Å². The average molecular weight is 322 g/mol. The number of nitrogens with zero attached hydrogens (tertiary/aromatic N) is 1. The number of benzene rings is 1. The van der Waals surface area contributed by atoms with E-state index in [1.165, 1.54) is 17.7 Å². The van der Waals surface area contributed by atoms with Gasteiger partial charge in [0, 0.05) is 15.6 Å². The van der Waals surface area contributed by atoms with Gasteiger partial charge in [-0.3, -0.25) is 5.32 Å². The molecule has 1 heterocycles. The van der Waals surface area contributed by atoms with Crippen LogP contribution in [0.25, 0.3) is 0 Å². The molecule has 2 amide bonds. The molecule has 3 rings (SSSR count). The molecule has 0 saturated heterocycles. The first kappa shape index (κ1) is 14.4. The first-order valence-electron chi connectivity index (χ1n) is 6.95. The van der Waals surface area contributed by atoms with Gasteiger partial charge in [0.05, 0.1) is 5.69 Å². The fourth-order valence-electron chi connectivity index (χ4n) is 2.40. The molecule has 1 aromatic heterocycles. The molecular weight excluding hydrogens is 306 g/mol. The quantitative estimate of drug-likeness (QED) is 0.847. The Morgan fingerprint density at radius 1 is 1.29 bits per heavy atom. The van der Waals surface area contributed by atoms with E-state index in [4.69, 9.17) is 11.6 Å². The van der Waals surface area contributed by atoms with Crippen LogP contribution < -0.4 is 10.6 Å². The zero-order chi connectivity index (χ0) is 14.8. The lowest BCUT2D eigenvalue weighted by molar-refractivity contribution is 0.262. The number of halogens is 1. The molecule has 0 fully saturated rings. The summed E-state index contributed by atoms with van der Waals surface area (Å²) >= 11 is 7.62. The van der Waals surface area contributed by atoms with Gasteiger partial charge in [-0.05, 0) is 50.3 Å². The van der Waals surface area contributed by atoms with Crippen molar-refractivity contribution in [2.45, 2.75) is 32.6 Å². The van der Waals surface area contributed by atoms with E-state index in [0.29, 0.717) is 15.8 Å². The molecule has 1 aromatic carbocycles. The highest BCUT2D eigenvalue weighted by Crippen LogP contribution is 2.29. The van der Waals surface area contributed by atoms with Gasteiger partial charge in [0.25, 0.3) is 0 Å². The third-order valence-electron chi connectivity index (χ3n) is 3.58. The third kappa shape index (κ3) is 3.19. The molecule has 0 unspecified atom stereocenters. The first-order valence-corrected chi connectivity index (χ1v) is 8.14. The van der Waals surface area contributed by atoms with Gasteiger partial charge in [-0.25, -0.2) is 9.78 Å². The summed E-state index contributed by atoms with van der Waals surface area (Å²) in [5.41, 5.74) is 2.70. The van der Waals surface area contributed by atoms with Gasteiger partial charge in [-0.2, -0.15) is 0 Å². The summed E-state index contributed by atoms with van der Waals surface area (Å²) in [6, 6.07) is 5.15. The highest BCUT2D eigenvalue weighted by atomic mass is 35.5. The maximum atomic E-state index is 12.1. The van der Waals surface area contributed by atoms with Crippen molar-refractivity contribution < 1.29 is 4.79 Å². The van der Waals surface area contributed by atoms with Gasteiger partial charge >= 0.3 is 6.03 Å². The van der Waals surface area contributed by atoms with Crippen LogP contribution in [0.4, 0.5) is 15.6 Å². The molecular formula is C15H16ClN3OS. The molecule has 0 saturated carbocycles. The van der Waals surface area contributed by atoms with Crippen molar-refractivity contribution in [3.05, 3.63) is 39.4 Å². The number of thiazole rings is 1. The Bertz CT molecular complexity index is 660. The predicted molar refractivity (Wildman–Crippen MR) is 87.6 cm³/mol. The van der Waals surface area contributed by atoms with E-state index in [1.807, 2.05) is 19.1 Å². The van der Waals surface area contributed by atoms with Crippen molar-refractivity contribution in [1.29, 1.82) is 0 Å². The van der Waals surface area contributed by atoms with Gasteiger partial charge in [-0.1, -0.05) is 17.7 Å². The zero-order valence-corrected chi connectivity index (χ0v) is 13.3. The summed E-state index contributed by atoms with van der Waals surface area (Å²) in [6.45, 7) is 1.88. The van der Waals surface area contributed by atoms with Crippen LogP contribution in [0.3, 0.4) is 0 Å². The summed E-state index contributed by atoms with van der Waals surface area (Å²) in [4.78, 5) is 17.9. The number of hydrogen-bond donors (Lipinski definition) is 2. The molecule has 4 nitrogen and oxygen atoms in total. The van der Waals surface area contributed by atoms with Crippen LogP contribution in [0, 0.1) is 6.92 Å². The number of hydrogen-bond acceptors (Lipinski definition) is 3. The Kier molecular flexibility index (Phi) is 4.12. The van der Waals surface area contributed by atoms with Gasteiger partial charge in [-0.15, -0.1) is 11.3 Å². The second kappa shape index (κ2) is 6.03. The van der Waals surface area contributed by atoms with Crippen LogP contribution in [0.2, 0.25) is 5.02 Å². The molecule has 2 N–H and O–H groups in total. The Morgan fingerprint density at radius 2 is 2.10 bits per heavy atom. The molecule has 0 spiro atoms. The van der Waals surface area contributed by atoms with Crippen molar-refractivity contribution in [1.82, 2.24) is 4.98 Å². The summed E-state index contributed by atoms with van der Waals surface area (Å²) in [5.74, 6) is 0. The Labute approximate surface area is 132 Å². The van der Waals surface area contributed by atoms with Crippen molar-refractivity contribution in [3.63, 3.8) is 0 Å². The average Bonchev–Trinajstić information content (AvgIpc) is 2.86. The number of urea groups is 1. The zero-order valence-electron chi connectivity index (χ0n) is 11.7. The van der Waals surface area contributed by atoms with E-state index in [2.05, 4.69) is 15.6 Å². The van der Waals surface area contributed by atoms with Crippen molar-refractivity contribution in [2.24, 2.45) is 0 Å². The normalized spacial score (nSPS) is 13.6. The van der Waals surface area contributed by atoms with E-state index in [1.54, 1.807) is 17.4 Å². The number of amides is 2. The van der Waals surface area contributed by atoms with Gasteiger partial charge in [0.1, 0.15) is 0 Å². The minimum absolute atomic E-state index is 0.286. The van der Waals surface area contributed by atoms with Crippen molar-refractivity contribution in [2.75, 3.05) is 10.6 Å². The predicted octanol–water partition coefficient (Wildman–Crippen LogP) is 4.63. The highest BCUT2D eigenvalue weighted by molar-refractivity contribution is 7.15. The highest BCUT2D eigenvalue weighted by Gasteiger charge is 2.16. The Balaban J connectivity index is 1.69. The summed E-state index contributed by atoms with van der Waals surface area (Å²) in [7, 11) is 0. The molecule has 21 heavy (non-hydrogen) atoms. The summed E-state index contributed by atoms with van der Waals surface area (Å²) in [6.07, 6.45) is 4.48. The lowest BCUT2D eigenvalue weighted by Gasteiger charge is -2.09. The van der Waals surface area contributed by atoms with Crippen LogP contribution in [0.15, 0.2) is 18.2 Å². The monoisotopic (exact) mass is 321 g/mol. The fourth-order valence-corrected chi connectivity index (χ4v) is 3.62. The van der Waals surface area contributed by atoms with Crippen LogP contribution in [0.5, 0.6) is 0 Å². The molecule has 1 aliphatic carbocycles. The molecule has 110 valence electrons.